The number of benzene rings is 2. The Labute approximate surface area is 138 Å². The van der Waals surface area contributed by atoms with Crippen molar-refractivity contribution in [1.82, 2.24) is 4.57 Å². The number of anilines is 1. The van der Waals surface area contributed by atoms with Crippen molar-refractivity contribution >= 4 is 28.5 Å². The van der Waals surface area contributed by atoms with Crippen LogP contribution in [-0.2, 0) is 13.1 Å². The van der Waals surface area contributed by atoms with E-state index in [9.17, 15) is 14.9 Å². The maximum atomic E-state index is 12.5. The zero-order valence-corrected chi connectivity index (χ0v) is 13.2. The second-order valence-corrected chi connectivity index (χ2v) is 5.40. The fourth-order valence-corrected chi connectivity index (χ4v) is 2.82. The highest BCUT2D eigenvalue weighted by Crippen LogP contribution is 2.17. The Morgan fingerprint density at radius 3 is 2.50 bits per heavy atom. The molecule has 0 spiro atoms. The van der Waals surface area contributed by atoms with Gasteiger partial charge in [-0.15, -0.1) is 0 Å². The number of nitrogen functional groups attached to an aromatic ring is 1. The number of Topliss-reactive ketones (excluding diaryl/α,β-unsaturated/α-hetero) is 1. The molecule has 0 unspecified atom stereocenters. The Morgan fingerprint density at radius 2 is 1.88 bits per heavy atom. The molecule has 1 heterocycles. The summed E-state index contributed by atoms with van der Waals surface area (Å²) in [5, 5.41) is 10.7. The van der Waals surface area contributed by atoms with E-state index < -0.39 is 4.92 Å². The first-order valence-electron chi connectivity index (χ1n) is 7.57. The summed E-state index contributed by atoms with van der Waals surface area (Å²) in [4.78, 5) is 22.7. The monoisotopic (exact) mass is 325 g/mol. The molecule has 7 nitrogen and oxygen atoms in total. The van der Waals surface area contributed by atoms with Crippen molar-refractivity contribution in [1.29, 1.82) is 0 Å². The summed E-state index contributed by atoms with van der Waals surface area (Å²) in [7, 11) is 0. The van der Waals surface area contributed by atoms with E-state index in [1.54, 1.807) is 4.57 Å². The van der Waals surface area contributed by atoms with Gasteiger partial charge in [-0.1, -0.05) is 12.1 Å². The number of aromatic nitrogens is 2. The highest BCUT2D eigenvalue weighted by atomic mass is 16.6. The minimum Gasteiger partial charge on any atom is -0.291 e. The number of fused-ring (bicyclic) bond motifs is 1. The van der Waals surface area contributed by atoms with Crippen molar-refractivity contribution in [3.05, 3.63) is 64.2 Å². The number of non-ortho nitro benzene ring substituents is 1. The van der Waals surface area contributed by atoms with Gasteiger partial charge in [0.2, 0.25) is 0 Å². The first-order valence-corrected chi connectivity index (χ1v) is 7.57. The summed E-state index contributed by atoms with van der Waals surface area (Å²) in [6, 6.07) is 13.3. The van der Waals surface area contributed by atoms with Crippen LogP contribution in [-0.4, -0.2) is 15.3 Å². The summed E-state index contributed by atoms with van der Waals surface area (Å²) in [5.41, 5.74) is 8.43. The molecule has 0 fully saturated rings. The van der Waals surface area contributed by atoms with Gasteiger partial charge in [0.1, 0.15) is 17.6 Å². The van der Waals surface area contributed by atoms with Crippen LogP contribution in [0.5, 0.6) is 0 Å². The molecule has 2 aromatic carbocycles. The molecule has 0 atom stereocenters. The quantitative estimate of drug-likeness (QED) is 0.337. The maximum Gasteiger partial charge on any atom is 0.356 e. The fraction of sp³-hybridized carbons (Fsp3) is 0.176. The van der Waals surface area contributed by atoms with E-state index >= 15 is 0 Å². The third-order valence-corrected chi connectivity index (χ3v) is 4.03. The van der Waals surface area contributed by atoms with Gasteiger partial charge in [-0.05, 0) is 31.2 Å². The highest BCUT2D eigenvalue weighted by Gasteiger charge is 2.22. The van der Waals surface area contributed by atoms with Crippen molar-refractivity contribution in [3.8, 4) is 0 Å². The van der Waals surface area contributed by atoms with E-state index in [0.717, 1.165) is 11.0 Å². The lowest BCUT2D eigenvalue weighted by Gasteiger charge is -2.02. The minimum atomic E-state index is -0.490. The van der Waals surface area contributed by atoms with Crippen molar-refractivity contribution in [2.45, 2.75) is 20.0 Å². The van der Waals surface area contributed by atoms with Gasteiger partial charge in [-0.25, -0.2) is 9.13 Å². The molecule has 0 aliphatic carbocycles. The molecule has 1 aromatic heterocycles. The van der Waals surface area contributed by atoms with Gasteiger partial charge in [0.25, 0.3) is 5.69 Å². The largest absolute Gasteiger partial charge is 0.356 e. The molecule has 0 saturated heterocycles. The van der Waals surface area contributed by atoms with E-state index in [-0.39, 0.29) is 18.0 Å². The molecule has 0 bridgehead atoms. The van der Waals surface area contributed by atoms with Crippen molar-refractivity contribution in [2.24, 2.45) is 0 Å². The zero-order chi connectivity index (χ0) is 17.3. The Kier molecular flexibility index (Phi) is 3.99. The van der Waals surface area contributed by atoms with Gasteiger partial charge < -0.3 is 0 Å². The summed E-state index contributed by atoms with van der Waals surface area (Å²) in [5.74, 6) is 0.356. The number of para-hydroxylation sites is 2. The van der Waals surface area contributed by atoms with Gasteiger partial charge in [0, 0.05) is 17.7 Å². The zero-order valence-electron chi connectivity index (χ0n) is 13.2. The lowest BCUT2D eigenvalue weighted by molar-refractivity contribution is -0.642. The molecule has 24 heavy (non-hydrogen) atoms. The normalized spacial score (nSPS) is 10.9. The fourth-order valence-electron chi connectivity index (χ4n) is 2.82. The predicted octanol–water partition coefficient (Wildman–Crippen LogP) is 2.32. The number of nitro benzene ring substituents is 1. The number of ketones is 1. The van der Waals surface area contributed by atoms with Crippen molar-refractivity contribution < 1.29 is 14.3 Å². The Bertz CT molecular complexity index is 929. The highest BCUT2D eigenvalue weighted by molar-refractivity contribution is 5.95. The smallest absolute Gasteiger partial charge is 0.291 e. The number of nitro groups is 1. The third kappa shape index (κ3) is 2.60. The Hall–Kier alpha value is -3.22. The van der Waals surface area contributed by atoms with Crippen LogP contribution < -0.4 is 10.3 Å². The van der Waals surface area contributed by atoms with E-state index in [4.69, 9.17) is 5.73 Å². The summed E-state index contributed by atoms with van der Waals surface area (Å²) < 4.78 is 3.71. The number of imidazole rings is 1. The average Bonchev–Trinajstić information content (AvgIpc) is 2.86. The maximum absolute atomic E-state index is 12.5. The predicted molar refractivity (Wildman–Crippen MR) is 89.6 cm³/mol. The molecular formula is C17H17N4O3+. The molecule has 2 N–H and O–H groups in total. The van der Waals surface area contributed by atoms with E-state index in [2.05, 4.69) is 0 Å². The average molecular weight is 325 g/mol. The van der Waals surface area contributed by atoms with E-state index in [1.807, 2.05) is 35.8 Å². The van der Waals surface area contributed by atoms with Gasteiger partial charge in [0.05, 0.1) is 11.5 Å². The third-order valence-electron chi connectivity index (χ3n) is 4.03. The molecule has 7 heteroatoms. The minimum absolute atomic E-state index is 0.0405. The number of hydrogen-bond acceptors (Lipinski definition) is 4. The molecule has 0 radical (unpaired) electrons. The summed E-state index contributed by atoms with van der Waals surface area (Å²) in [6.45, 7) is 2.77. The number of hydrogen-bond donors (Lipinski definition) is 1. The number of carbonyl (C=O) groups excluding carboxylic acids is 1. The van der Waals surface area contributed by atoms with Crippen molar-refractivity contribution in [2.75, 3.05) is 5.73 Å². The number of nitrogens with zero attached hydrogens (tertiary/aromatic N) is 3. The first kappa shape index (κ1) is 15.7. The summed E-state index contributed by atoms with van der Waals surface area (Å²) in [6.07, 6.45) is 0. The van der Waals surface area contributed by atoms with Crippen LogP contribution in [0.15, 0.2) is 48.5 Å². The Morgan fingerprint density at radius 1 is 1.21 bits per heavy atom. The standard InChI is InChI=1S/C17H16N4O3/c1-2-19-14-5-3-4-6-15(14)20(17(19)18)11-16(22)12-7-9-13(10-8-12)21(23)24/h3-10,18H,2,11H2,1H3/p+1. The van der Waals surface area contributed by atoms with Crippen LogP contribution in [0.3, 0.4) is 0 Å². The Balaban J connectivity index is 1.96. The van der Waals surface area contributed by atoms with Crippen LogP contribution in [0.25, 0.3) is 11.0 Å². The topological polar surface area (TPSA) is 95.0 Å². The molecule has 0 aliphatic rings. The van der Waals surface area contributed by atoms with Gasteiger partial charge in [0.15, 0.2) is 5.78 Å². The number of aryl methyl sites for hydroxylation is 1. The van der Waals surface area contributed by atoms with Crippen LogP contribution >= 0.6 is 0 Å². The molecule has 3 rings (SSSR count). The van der Waals surface area contributed by atoms with Gasteiger partial charge >= 0.3 is 5.95 Å². The van der Waals surface area contributed by atoms with Crippen LogP contribution in [0.4, 0.5) is 11.6 Å². The lowest BCUT2D eigenvalue weighted by atomic mass is 10.1. The molecule has 3 aromatic rings. The first-order chi connectivity index (χ1) is 11.5. The molecular weight excluding hydrogens is 308 g/mol. The van der Waals surface area contributed by atoms with E-state index in [1.165, 1.54) is 24.3 Å². The van der Waals surface area contributed by atoms with Gasteiger partial charge in [-0.2, -0.15) is 0 Å². The van der Waals surface area contributed by atoms with E-state index in [0.29, 0.717) is 18.1 Å². The van der Waals surface area contributed by atoms with Crippen molar-refractivity contribution in [3.63, 3.8) is 0 Å². The molecule has 0 amide bonds. The number of rotatable bonds is 5. The molecule has 0 aliphatic heterocycles. The van der Waals surface area contributed by atoms with Gasteiger partial charge in [-0.3, -0.25) is 20.6 Å². The van der Waals surface area contributed by atoms with Crippen LogP contribution in [0.1, 0.15) is 17.3 Å². The van der Waals surface area contributed by atoms with Crippen LogP contribution in [0, 0.1) is 10.1 Å². The number of nitrogens with two attached hydrogens (primary N) is 1. The SMILES string of the molecule is CCn1c(N)[n+](CC(=O)c2ccc([N+](=O)[O-])cc2)c2ccccc21. The second-order valence-electron chi connectivity index (χ2n) is 5.40. The lowest BCUT2D eigenvalue weighted by Crippen LogP contribution is -2.40. The molecule has 122 valence electrons. The summed E-state index contributed by atoms with van der Waals surface area (Å²) >= 11 is 0. The molecule has 0 saturated carbocycles. The second kappa shape index (κ2) is 6.11. The number of carbonyl (C=O) groups is 1. The van der Waals surface area contributed by atoms with Crippen LogP contribution in [0.2, 0.25) is 0 Å².